The van der Waals surface area contributed by atoms with E-state index < -0.39 is 0 Å². The van der Waals surface area contributed by atoms with Gasteiger partial charge >= 0.3 is 0 Å². The van der Waals surface area contributed by atoms with E-state index in [4.69, 9.17) is 4.52 Å². The van der Waals surface area contributed by atoms with Crippen LogP contribution >= 0.6 is 0 Å². The van der Waals surface area contributed by atoms with Crippen LogP contribution in [0.2, 0.25) is 0 Å². The molecule has 0 radical (unpaired) electrons. The van der Waals surface area contributed by atoms with Gasteiger partial charge < -0.3 is 20.1 Å². The third-order valence-corrected chi connectivity index (χ3v) is 4.52. The maximum absolute atomic E-state index is 5.31. The molecule has 1 aliphatic rings. The summed E-state index contributed by atoms with van der Waals surface area (Å²) in [4.78, 5) is 11.4. The van der Waals surface area contributed by atoms with Crippen LogP contribution in [0.1, 0.15) is 38.1 Å². The number of aromatic nitrogens is 2. The lowest BCUT2D eigenvalue weighted by atomic mass is 10.1. The second kappa shape index (κ2) is 9.22. The molecule has 2 aromatic rings. The van der Waals surface area contributed by atoms with Crippen LogP contribution in [-0.4, -0.2) is 41.8 Å². The van der Waals surface area contributed by atoms with E-state index in [0.29, 0.717) is 12.6 Å². The standard InChI is InChI=1S/C19H28N6O/c1-3-15-13-17(26-24-15)14-22-19(20-4-2)23-16-8-11-25(12-9-16)18-7-5-6-10-21-18/h5-7,10,13,16H,3-4,8-9,11-12,14H2,1-2H3,(H2,20,22,23). The highest BCUT2D eigenvalue weighted by Gasteiger charge is 2.20. The molecule has 1 fully saturated rings. The number of hydrogen-bond donors (Lipinski definition) is 2. The molecular formula is C19H28N6O. The van der Waals surface area contributed by atoms with Gasteiger partial charge in [-0.15, -0.1) is 0 Å². The lowest BCUT2D eigenvalue weighted by Gasteiger charge is -2.33. The number of anilines is 1. The quantitative estimate of drug-likeness (QED) is 0.611. The van der Waals surface area contributed by atoms with Crippen molar-refractivity contribution in [2.45, 2.75) is 45.7 Å². The first kappa shape index (κ1) is 18.2. The number of hydrogen-bond acceptors (Lipinski definition) is 5. The SMILES string of the molecule is CCNC(=NCc1cc(CC)no1)NC1CCN(c2ccccn2)CC1. The number of nitrogens with zero attached hydrogens (tertiary/aromatic N) is 4. The normalized spacial score (nSPS) is 15.9. The van der Waals surface area contributed by atoms with E-state index in [-0.39, 0.29) is 0 Å². The molecule has 0 spiro atoms. The van der Waals surface area contributed by atoms with Gasteiger partial charge in [0.25, 0.3) is 0 Å². The minimum atomic E-state index is 0.411. The predicted octanol–water partition coefficient (Wildman–Crippen LogP) is 2.36. The minimum absolute atomic E-state index is 0.411. The monoisotopic (exact) mass is 356 g/mol. The molecule has 7 heteroatoms. The number of nitrogens with one attached hydrogen (secondary N) is 2. The molecule has 0 atom stereocenters. The zero-order valence-corrected chi connectivity index (χ0v) is 15.6. The van der Waals surface area contributed by atoms with E-state index in [0.717, 1.165) is 62.1 Å². The minimum Gasteiger partial charge on any atom is -0.359 e. The lowest BCUT2D eigenvalue weighted by Crippen LogP contribution is -2.48. The lowest BCUT2D eigenvalue weighted by molar-refractivity contribution is 0.379. The van der Waals surface area contributed by atoms with Crippen molar-refractivity contribution in [1.29, 1.82) is 0 Å². The van der Waals surface area contributed by atoms with Crippen LogP contribution in [0.5, 0.6) is 0 Å². The molecule has 140 valence electrons. The highest BCUT2D eigenvalue weighted by Crippen LogP contribution is 2.17. The number of pyridine rings is 1. The summed E-state index contributed by atoms with van der Waals surface area (Å²) in [6.07, 6.45) is 4.84. The molecule has 0 aromatic carbocycles. The molecule has 0 saturated carbocycles. The molecule has 0 unspecified atom stereocenters. The predicted molar refractivity (Wildman–Crippen MR) is 103 cm³/mol. The first-order valence-electron chi connectivity index (χ1n) is 9.43. The van der Waals surface area contributed by atoms with E-state index in [1.165, 1.54) is 0 Å². The zero-order chi connectivity index (χ0) is 18.2. The summed E-state index contributed by atoms with van der Waals surface area (Å²) in [5.74, 6) is 2.69. The van der Waals surface area contributed by atoms with Gasteiger partial charge in [0, 0.05) is 37.9 Å². The van der Waals surface area contributed by atoms with Gasteiger partial charge in [-0.1, -0.05) is 18.1 Å². The Morgan fingerprint density at radius 2 is 2.15 bits per heavy atom. The van der Waals surface area contributed by atoms with Gasteiger partial charge in [-0.3, -0.25) is 0 Å². The smallest absolute Gasteiger partial charge is 0.191 e. The van der Waals surface area contributed by atoms with E-state index in [2.05, 4.69) is 50.6 Å². The largest absolute Gasteiger partial charge is 0.359 e. The number of aryl methyl sites for hydroxylation is 1. The first-order chi connectivity index (χ1) is 12.8. The summed E-state index contributed by atoms with van der Waals surface area (Å²) in [5, 5.41) is 10.9. The van der Waals surface area contributed by atoms with Crippen LogP contribution in [0.3, 0.4) is 0 Å². The maximum atomic E-state index is 5.31. The van der Waals surface area contributed by atoms with Crippen molar-refractivity contribution >= 4 is 11.8 Å². The Morgan fingerprint density at radius 3 is 2.81 bits per heavy atom. The zero-order valence-electron chi connectivity index (χ0n) is 15.6. The van der Waals surface area contributed by atoms with E-state index >= 15 is 0 Å². The van der Waals surface area contributed by atoms with Crippen LogP contribution in [0.25, 0.3) is 0 Å². The number of aliphatic imine (C=N–C) groups is 1. The van der Waals surface area contributed by atoms with Gasteiger partial charge in [-0.2, -0.15) is 0 Å². The molecule has 2 aromatic heterocycles. The van der Waals surface area contributed by atoms with Crippen molar-refractivity contribution in [3.63, 3.8) is 0 Å². The van der Waals surface area contributed by atoms with Gasteiger partial charge in [0.2, 0.25) is 0 Å². The van der Waals surface area contributed by atoms with E-state index in [1.54, 1.807) is 0 Å². The molecule has 26 heavy (non-hydrogen) atoms. The van der Waals surface area contributed by atoms with Crippen LogP contribution in [0.15, 0.2) is 40.0 Å². The first-order valence-corrected chi connectivity index (χ1v) is 9.43. The Labute approximate surface area is 154 Å². The van der Waals surface area contributed by atoms with Crippen LogP contribution < -0.4 is 15.5 Å². The van der Waals surface area contributed by atoms with Crippen molar-refractivity contribution in [2.75, 3.05) is 24.5 Å². The third-order valence-electron chi connectivity index (χ3n) is 4.52. The van der Waals surface area contributed by atoms with Crippen LogP contribution in [0.4, 0.5) is 5.82 Å². The van der Waals surface area contributed by atoms with Crippen molar-refractivity contribution < 1.29 is 4.52 Å². The molecule has 0 aliphatic carbocycles. The van der Waals surface area contributed by atoms with Gasteiger partial charge in [0.15, 0.2) is 11.7 Å². The summed E-state index contributed by atoms with van der Waals surface area (Å²) >= 11 is 0. The molecule has 2 N–H and O–H groups in total. The summed E-state index contributed by atoms with van der Waals surface area (Å²) in [7, 11) is 0. The van der Waals surface area contributed by atoms with Crippen molar-refractivity contribution in [1.82, 2.24) is 20.8 Å². The van der Waals surface area contributed by atoms with Crippen LogP contribution in [0, 0.1) is 0 Å². The Balaban J connectivity index is 1.52. The van der Waals surface area contributed by atoms with Gasteiger partial charge in [-0.25, -0.2) is 9.98 Å². The Kier molecular flexibility index (Phi) is 6.46. The van der Waals surface area contributed by atoms with Crippen molar-refractivity contribution in [3.05, 3.63) is 41.9 Å². The Bertz CT molecular complexity index is 691. The summed E-state index contributed by atoms with van der Waals surface area (Å²) in [5.41, 5.74) is 0.968. The molecule has 0 bridgehead atoms. The van der Waals surface area contributed by atoms with Gasteiger partial charge in [0.05, 0.1) is 5.69 Å². The van der Waals surface area contributed by atoms with Gasteiger partial charge in [-0.05, 0) is 38.3 Å². The maximum Gasteiger partial charge on any atom is 0.191 e. The fourth-order valence-corrected chi connectivity index (χ4v) is 3.06. The highest BCUT2D eigenvalue weighted by atomic mass is 16.5. The fraction of sp³-hybridized carbons (Fsp3) is 0.526. The van der Waals surface area contributed by atoms with Crippen molar-refractivity contribution in [2.24, 2.45) is 4.99 Å². The molecule has 3 heterocycles. The van der Waals surface area contributed by atoms with Gasteiger partial charge in [0.1, 0.15) is 12.4 Å². The molecule has 7 nitrogen and oxygen atoms in total. The van der Waals surface area contributed by atoms with Crippen LogP contribution in [-0.2, 0) is 13.0 Å². The molecular weight excluding hydrogens is 328 g/mol. The van der Waals surface area contributed by atoms with E-state index in [1.807, 2.05) is 24.4 Å². The highest BCUT2D eigenvalue weighted by molar-refractivity contribution is 5.80. The van der Waals surface area contributed by atoms with E-state index in [9.17, 15) is 0 Å². The Morgan fingerprint density at radius 1 is 1.31 bits per heavy atom. The molecule has 3 rings (SSSR count). The molecule has 0 amide bonds. The summed E-state index contributed by atoms with van der Waals surface area (Å²) in [6.45, 7) is 7.45. The molecule has 1 saturated heterocycles. The average Bonchev–Trinajstić information content (AvgIpc) is 3.16. The number of guanidine groups is 1. The number of piperidine rings is 1. The summed E-state index contributed by atoms with van der Waals surface area (Å²) in [6, 6.07) is 8.44. The topological polar surface area (TPSA) is 78.6 Å². The van der Waals surface area contributed by atoms with Crippen molar-refractivity contribution in [3.8, 4) is 0 Å². The average molecular weight is 356 g/mol. The third kappa shape index (κ3) is 4.97. The second-order valence-corrected chi connectivity index (χ2v) is 6.43. The summed E-state index contributed by atoms with van der Waals surface area (Å²) < 4.78 is 5.31. The second-order valence-electron chi connectivity index (χ2n) is 6.43. The number of rotatable bonds is 6. The Hall–Kier alpha value is -2.57. The fourth-order valence-electron chi connectivity index (χ4n) is 3.06. The molecule has 1 aliphatic heterocycles.